The highest BCUT2D eigenvalue weighted by Crippen LogP contribution is 2.41. The molecule has 0 saturated heterocycles. The number of carboxylic acids is 1. The Morgan fingerprint density at radius 3 is 2.27 bits per heavy atom. The van der Waals surface area contributed by atoms with Gasteiger partial charge in [-0.25, -0.2) is 4.79 Å². The summed E-state index contributed by atoms with van der Waals surface area (Å²) in [6.07, 6.45) is -4.43. The number of nitrogens with one attached hydrogen (secondary N) is 1. The van der Waals surface area contributed by atoms with Crippen LogP contribution in [-0.4, -0.2) is 29.0 Å². The van der Waals surface area contributed by atoms with Crippen LogP contribution in [-0.2, 0) is 12.6 Å². The molecular weight excluding hydrogens is 519 g/mol. The summed E-state index contributed by atoms with van der Waals surface area (Å²) in [5.74, 6) is -0.713. The first-order valence-electron chi connectivity index (χ1n) is 12.4. The van der Waals surface area contributed by atoms with E-state index >= 15 is 0 Å². The molecule has 0 radical (unpaired) electrons. The van der Waals surface area contributed by atoms with E-state index in [0.29, 0.717) is 55.6 Å². The van der Waals surface area contributed by atoms with Crippen molar-refractivity contribution in [2.24, 2.45) is 0 Å². The minimum Gasteiger partial charge on any atom is -0.497 e. The predicted octanol–water partition coefficient (Wildman–Crippen LogP) is 8.02. The lowest BCUT2D eigenvalue weighted by atomic mass is 9.88. The molecule has 40 heavy (non-hydrogen) atoms. The van der Waals surface area contributed by atoms with Gasteiger partial charge in [-0.2, -0.15) is 13.2 Å². The fraction of sp³-hybridized carbons (Fsp3) is 0.125. The predicted molar refractivity (Wildman–Crippen MR) is 147 cm³/mol. The number of hydrogen-bond acceptors (Lipinski definition) is 3. The van der Waals surface area contributed by atoms with Gasteiger partial charge in [-0.05, 0) is 71.5 Å². The number of aromatic nitrogens is 1. The summed E-state index contributed by atoms with van der Waals surface area (Å²) in [7, 11) is 1.53. The summed E-state index contributed by atoms with van der Waals surface area (Å²) in [6.45, 7) is 1.46. The van der Waals surface area contributed by atoms with Crippen LogP contribution in [0.15, 0.2) is 84.9 Å². The molecule has 0 spiro atoms. The summed E-state index contributed by atoms with van der Waals surface area (Å²) < 4.78 is 45.9. The molecule has 0 saturated carbocycles. The van der Waals surface area contributed by atoms with Gasteiger partial charge in [0.15, 0.2) is 5.78 Å². The van der Waals surface area contributed by atoms with Crippen LogP contribution in [0.2, 0.25) is 0 Å². The number of Topliss-reactive ketones (excluding diaryl/α,β-unsaturated/α-hetero) is 1. The molecule has 0 fully saturated rings. The number of fused-ring (bicyclic) bond motifs is 1. The third-order valence-corrected chi connectivity index (χ3v) is 6.88. The molecule has 0 unspecified atom stereocenters. The zero-order valence-corrected chi connectivity index (χ0v) is 21.6. The van der Waals surface area contributed by atoms with E-state index in [1.165, 1.54) is 20.1 Å². The number of benzene rings is 4. The number of ether oxygens (including phenoxy) is 1. The largest absolute Gasteiger partial charge is 0.497 e. The molecule has 0 aliphatic carbocycles. The highest BCUT2D eigenvalue weighted by atomic mass is 19.4. The fourth-order valence-electron chi connectivity index (χ4n) is 4.99. The van der Waals surface area contributed by atoms with E-state index in [1.54, 1.807) is 60.7 Å². The number of alkyl halides is 3. The van der Waals surface area contributed by atoms with Crippen LogP contribution in [0.5, 0.6) is 5.75 Å². The molecule has 8 heteroatoms. The second kappa shape index (κ2) is 10.4. The average Bonchev–Trinajstić information content (AvgIpc) is 3.34. The third kappa shape index (κ3) is 5.08. The second-order valence-corrected chi connectivity index (χ2v) is 9.43. The van der Waals surface area contributed by atoms with Crippen LogP contribution in [0.4, 0.5) is 13.2 Å². The normalized spacial score (nSPS) is 11.5. The van der Waals surface area contributed by atoms with Crippen molar-refractivity contribution in [3.8, 4) is 28.0 Å². The van der Waals surface area contributed by atoms with Gasteiger partial charge in [0.2, 0.25) is 0 Å². The summed E-state index contributed by atoms with van der Waals surface area (Å²) in [6, 6.07) is 22.5. The van der Waals surface area contributed by atoms with Gasteiger partial charge in [0.25, 0.3) is 0 Å². The Morgan fingerprint density at radius 1 is 0.900 bits per heavy atom. The molecule has 4 aromatic carbocycles. The quantitative estimate of drug-likeness (QED) is 0.204. The minimum atomic E-state index is -4.51. The van der Waals surface area contributed by atoms with Crippen molar-refractivity contribution in [1.29, 1.82) is 0 Å². The van der Waals surface area contributed by atoms with E-state index in [1.807, 2.05) is 6.07 Å². The topological polar surface area (TPSA) is 79.4 Å². The maximum atomic E-state index is 13.6. The minimum absolute atomic E-state index is 0.0416. The first kappa shape index (κ1) is 26.7. The molecule has 0 amide bonds. The van der Waals surface area contributed by atoms with Gasteiger partial charge in [0.1, 0.15) is 11.4 Å². The molecule has 0 aliphatic heterocycles. The molecule has 1 aromatic heterocycles. The van der Waals surface area contributed by atoms with Gasteiger partial charge < -0.3 is 14.8 Å². The number of rotatable bonds is 7. The molecule has 5 rings (SSSR count). The number of halogens is 3. The Labute approximate surface area is 227 Å². The molecule has 0 atom stereocenters. The van der Waals surface area contributed by atoms with E-state index in [4.69, 9.17) is 4.74 Å². The molecule has 2 N–H and O–H groups in total. The van der Waals surface area contributed by atoms with Crippen LogP contribution in [0.1, 0.15) is 44.5 Å². The average molecular weight is 544 g/mol. The Hall–Kier alpha value is -4.85. The number of H-pyrrole nitrogens is 1. The second-order valence-electron chi connectivity index (χ2n) is 9.43. The van der Waals surface area contributed by atoms with Crippen molar-refractivity contribution in [2.75, 3.05) is 7.11 Å². The van der Waals surface area contributed by atoms with Crippen LogP contribution in [0.3, 0.4) is 0 Å². The highest BCUT2D eigenvalue weighted by Gasteiger charge is 2.30. The maximum absolute atomic E-state index is 13.6. The van der Waals surface area contributed by atoms with Gasteiger partial charge in [0.05, 0.1) is 12.7 Å². The van der Waals surface area contributed by atoms with Crippen molar-refractivity contribution in [1.82, 2.24) is 4.98 Å². The SMILES string of the molecule is COc1ccc(-c2c(C(=O)O)[nH]c3ccc(-c4cccc(C(C)=O)c4)c(Cc4cccc(C(F)(F)F)c4)c23)cc1. The van der Waals surface area contributed by atoms with Crippen LogP contribution < -0.4 is 4.74 Å². The van der Waals surface area contributed by atoms with Gasteiger partial charge >= 0.3 is 12.1 Å². The molecule has 5 nitrogen and oxygen atoms in total. The van der Waals surface area contributed by atoms with E-state index in [-0.39, 0.29) is 17.9 Å². The highest BCUT2D eigenvalue weighted by molar-refractivity contribution is 6.10. The van der Waals surface area contributed by atoms with Gasteiger partial charge in [-0.1, -0.05) is 54.6 Å². The molecule has 0 aliphatic rings. The molecule has 5 aromatic rings. The van der Waals surface area contributed by atoms with E-state index in [0.717, 1.165) is 12.1 Å². The van der Waals surface area contributed by atoms with Gasteiger partial charge in [-0.3, -0.25) is 4.79 Å². The molecule has 202 valence electrons. The number of ketones is 1. The number of methoxy groups -OCH3 is 1. The Kier molecular flexibility index (Phi) is 6.94. The number of carbonyl (C=O) groups excluding carboxylic acids is 1. The van der Waals surface area contributed by atoms with Crippen molar-refractivity contribution in [3.05, 3.63) is 113 Å². The molecule has 1 heterocycles. The van der Waals surface area contributed by atoms with Crippen molar-refractivity contribution in [3.63, 3.8) is 0 Å². The number of aromatic carboxylic acids is 1. The standard InChI is InChI=1S/C32H24F3NO4/c1-18(37)21-6-4-7-22(17-21)25-13-14-27-29(26(25)16-19-5-3-8-23(15-19)32(33,34)35)28(30(36-27)31(38)39)20-9-11-24(40-2)12-10-20/h3-15,17,36H,16H2,1-2H3,(H,38,39). The number of hydrogen-bond donors (Lipinski definition) is 2. The van der Waals surface area contributed by atoms with Crippen molar-refractivity contribution >= 4 is 22.7 Å². The number of carbonyl (C=O) groups is 2. The molecule has 0 bridgehead atoms. The van der Waals surface area contributed by atoms with E-state index < -0.39 is 17.7 Å². The summed E-state index contributed by atoms with van der Waals surface area (Å²) >= 11 is 0. The van der Waals surface area contributed by atoms with Gasteiger partial charge in [-0.15, -0.1) is 0 Å². The van der Waals surface area contributed by atoms with Crippen molar-refractivity contribution in [2.45, 2.75) is 19.5 Å². The third-order valence-electron chi connectivity index (χ3n) is 6.88. The zero-order valence-electron chi connectivity index (χ0n) is 21.6. The fourth-order valence-corrected chi connectivity index (χ4v) is 4.99. The van der Waals surface area contributed by atoms with Crippen LogP contribution in [0, 0.1) is 0 Å². The van der Waals surface area contributed by atoms with Gasteiger partial charge in [0, 0.05) is 22.0 Å². The summed E-state index contributed by atoms with van der Waals surface area (Å²) in [5.41, 5.74) is 3.62. The van der Waals surface area contributed by atoms with E-state index in [9.17, 15) is 27.9 Å². The van der Waals surface area contributed by atoms with Crippen LogP contribution in [0.25, 0.3) is 33.2 Å². The zero-order chi connectivity index (χ0) is 28.6. The Morgan fingerprint density at radius 2 is 1.62 bits per heavy atom. The Balaban J connectivity index is 1.83. The summed E-state index contributed by atoms with van der Waals surface area (Å²) in [5, 5.41) is 10.7. The number of carboxylic acid groups (broad SMARTS) is 1. The first-order valence-corrected chi connectivity index (χ1v) is 12.4. The maximum Gasteiger partial charge on any atom is 0.416 e. The lowest BCUT2D eigenvalue weighted by molar-refractivity contribution is -0.137. The van der Waals surface area contributed by atoms with Crippen LogP contribution >= 0.6 is 0 Å². The smallest absolute Gasteiger partial charge is 0.416 e. The van der Waals surface area contributed by atoms with E-state index in [2.05, 4.69) is 4.98 Å². The first-order chi connectivity index (χ1) is 19.1. The lowest BCUT2D eigenvalue weighted by Gasteiger charge is -2.16. The molecular formula is C32H24F3NO4. The Bertz CT molecular complexity index is 1750. The number of aromatic amines is 1. The summed E-state index contributed by atoms with van der Waals surface area (Å²) in [4.78, 5) is 27.5. The monoisotopic (exact) mass is 543 g/mol. The lowest BCUT2D eigenvalue weighted by Crippen LogP contribution is -2.05. The van der Waals surface area contributed by atoms with Crippen molar-refractivity contribution < 1.29 is 32.6 Å².